The molecule has 7 rings (SSSR count). The van der Waals surface area contributed by atoms with Crippen LogP contribution in [0.1, 0.15) is 46.9 Å². The number of benzene rings is 2. The molecule has 58 heavy (non-hydrogen) atoms. The first kappa shape index (κ1) is 40.4. The van der Waals surface area contributed by atoms with Gasteiger partial charge in [0.1, 0.15) is 6.61 Å². The van der Waals surface area contributed by atoms with E-state index in [1.165, 1.54) is 26.4 Å². The van der Waals surface area contributed by atoms with Crippen LogP contribution in [0, 0.1) is 0 Å². The monoisotopic (exact) mass is 816 g/mol. The number of methoxy groups -OCH3 is 2. The summed E-state index contributed by atoms with van der Waals surface area (Å²) >= 11 is 0. The molecule has 0 spiro atoms. The topological polar surface area (TPSA) is 188 Å². The molecule has 5 aliphatic heterocycles. The van der Waals surface area contributed by atoms with Crippen LogP contribution in [0.3, 0.4) is 0 Å². The zero-order chi connectivity index (χ0) is 41.0. The highest BCUT2D eigenvalue weighted by molar-refractivity contribution is 7.59. The molecular weight excluding hydrogens is 771 g/mol. The number of aliphatic imine (C=N–C) groups is 2. The lowest BCUT2D eigenvalue weighted by molar-refractivity contribution is -0.137. The molecule has 1 unspecified atom stereocenters. The highest BCUT2D eigenvalue weighted by Gasteiger charge is 2.37. The van der Waals surface area contributed by atoms with Gasteiger partial charge in [0.2, 0.25) is 7.37 Å². The Hall–Kier alpha value is -5.80. The largest absolute Gasteiger partial charge is 0.493 e. The van der Waals surface area contributed by atoms with Crippen molar-refractivity contribution in [3.63, 3.8) is 0 Å². The SMILES string of the molecule is C=C1C[C@H]2C=Nc3cc(OCCP(=O)(CCOc4cc5c(cc4OC)C(=O)N4CC(=NOCCCN6C(=O)C=CC6=O)C[C@H]4C=N5)OCC)c(OC)cc3C(=O)N2C1. The van der Waals surface area contributed by atoms with E-state index in [0.717, 1.165) is 10.5 Å². The summed E-state index contributed by atoms with van der Waals surface area (Å²) in [6, 6.07) is 5.99. The average Bonchev–Trinajstić information content (AvgIpc) is 3.85. The Kier molecular flexibility index (Phi) is 12.1. The van der Waals surface area contributed by atoms with Crippen molar-refractivity contribution in [1.29, 1.82) is 0 Å². The number of oxime groups is 1. The number of amides is 4. The van der Waals surface area contributed by atoms with Crippen molar-refractivity contribution in [2.24, 2.45) is 15.1 Å². The van der Waals surface area contributed by atoms with E-state index in [-0.39, 0.29) is 87.6 Å². The van der Waals surface area contributed by atoms with E-state index in [4.69, 9.17) is 28.3 Å². The molecule has 17 nitrogen and oxygen atoms in total. The zero-order valence-corrected chi connectivity index (χ0v) is 33.5. The standard InChI is InChI=1S/C40H45N6O11P/c1-5-57-58(51,13-11-54-35-19-31-29(17-33(35)52-3)39(49)45-23-25(2)15-27(45)21-41-31)14-12-55-36-20-32-30(18-34(36)53-4)40(50)46-24-26(16-28(46)22-42-32)43-56-10-6-9-44-37(47)7-8-38(44)48/h7-8,17-22,27-28H,2,5-6,9-16,23-24H2,1,3-4H3/t27-,28-,58?/m0/s1. The number of ether oxygens (including phenoxy) is 4. The van der Waals surface area contributed by atoms with E-state index in [1.54, 1.807) is 53.4 Å². The molecule has 3 atom stereocenters. The average molecular weight is 817 g/mol. The lowest BCUT2D eigenvalue weighted by Gasteiger charge is -2.21. The summed E-state index contributed by atoms with van der Waals surface area (Å²) < 4.78 is 43.0. The van der Waals surface area contributed by atoms with Gasteiger partial charge in [0.25, 0.3) is 23.6 Å². The first-order valence-electron chi connectivity index (χ1n) is 19.0. The minimum atomic E-state index is -3.25. The van der Waals surface area contributed by atoms with Crippen LogP contribution < -0.4 is 18.9 Å². The van der Waals surface area contributed by atoms with E-state index < -0.39 is 7.37 Å². The fraction of sp³-hybridized carbons (Fsp3) is 0.425. The van der Waals surface area contributed by atoms with Crippen molar-refractivity contribution >= 4 is 60.5 Å². The Morgan fingerprint density at radius 1 is 0.776 bits per heavy atom. The fourth-order valence-corrected chi connectivity index (χ4v) is 9.01. The summed E-state index contributed by atoms with van der Waals surface area (Å²) in [5, 5.41) is 4.20. The molecule has 2 aromatic rings. The van der Waals surface area contributed by atoms with Gasteiger partial charge in [-0.15, -0.1) is 0 Å². The van der Waals surface area contributed by atoms with E-state index >= 15 is 0 Å². The van der Waals surface area contributed by atoms with Crippen LogP contribution >= 0.6 is 7.37 Å². The number of nitrogens with zero attached hydrogens (tertiary/aromatic N) is 6. The van der Waals surface area contributed by atoms with Crippen LogP contribution in [0.4, 0.5) is 11.4 Å². The molecule has 0 radical (unpaired) electrons. The Morgan fingerprint density at radius 2 is 1.33 bits per heavy atom. The molecule has 18 heteroatoms. The summed E-state index contributed by atoms with van der Waals surface area (Å²) in [7, 11) is -0.302. The number of imide groups is 1. The van der Waals surface area contributed by atoms with Gasteiger partial charge in [-0.05, 0) is 25.5 Å². The number of hydrogen-bond donors (Lipinski definition) is 0. The lowest BCUT2D eigenvalue weighted by atomic mass is 10.1. The number of rotatable bonds is 17. The molecule has 0 N–H and O–H groups in total. The molecule has 5 heterocycles. The second-order valence-electron chi connectivity index (χ2n) is 14.1. The summed E-state index contributed by atoms with van der Waals surface area (Å²) in [5.41, 5.74) is 3.23. The van der Waals surface area contributed by atoms with Gasteiger partial charge in [0.15, 0.2) is 23.0 Å². The third-order valence-corrected chi connectivity index (χ3v) is 12.7. The van der Waals surface area contributed by atoms with Crippen LogP contribution in [-0.2, 0) is 23.5 Å². The van der Waals surface area contributed by atoms with Crippen molar-refractivity contribution in [2.45, 2.75) is 38.3 Å². The second-order valence-corrected chi connectivity index (χ2v) is 16.9. The third kappa shape index (κ3) is 8.55. The van der Waals surface area contributed by atoms with Crippen molar-refractivity contribution in [1.82, 2.24) is 14.7 Å². The summed E-state index contributed by atoms with van der Waals surface area (Å²) in [4.78, 5) is 69.6. The van der Waals surface area contributed by atoms with Gasteiger partial charge in [-0.25, -0.2) is 0 Å². The maximum Gasteiger partial charge on any atom is 0.257 e. The Morgan fingerprint density at radius 3 is 1.88 bits per heavy atom. The maximum absolute atomic E-state index is 14.0. The van der Waals surface area contributed by atoms with Crippen molar-refractivity contribution in [2.75, 3.05) is 72.6 Å². The molecule has 0 aliphatic carbocycles. The molecule has 0 bridgehead atoms. The van der Waals surface area contributed by atoms with Gasteiger partial charge >= 0.3 is 0 Å². The molecule has 0 aromatic heterocycles. The van der Waals surface area contributed by atoms with Crippen molar-refractivity contribution < 1.29 is 52.1 Å². The molecule has 0 saturated carbocycles. The maximum atomic E-state index is 14.0. The van der Waals surface area contributed by atoms with Crippen LogP contribution in [0.5, 0.6) is 23.0 Å². The number of carbonyl (C=O) groups is 4. The molecule has 306 valence electrons. The Labute approximate surface area is 335 Å². The van der Waals surface area contributed by atoms with Gasteiger partial charge in [-0.3, -0.25) is 38.6 Å². The first-order valence-corrected chi connectivity index (χ1v) is 21.0. The van der Waals surface area contributed by atoms with E-state index in [1.807, 2.05) is 0 Å². The van der Waals surface area contributed by atoms with Crippen molar-refractivity contribution in [3.05, 3.63) is 59.7 Å². The third-order valence-electron chi connectivity index (χ3n) is 10.3. The predicted octanol–water partition coefficient (Wildman–Crippen LogP) is 4.58. The van der Waals surface area contributed by atoms with Gasteiger partial charge in [0, 0.05) is 62.6 Å². The smallest absolute Gasteiger partial charge is 0.257 e. The van der Waals surface area contributed by atoms with E-state index in [9.17, 15) is 23.7 Å². The van der Waals surface area contributed by atoms with Crippen LogP contribution in [-0.4, -0.2) is 141 Å². The Balaban J connectivity index is 0.941. The highest BCUT2D eigenvalue weighted by atomic mass is 31.2. The molecule has 5 aliphatic rings. The lowest BCUT2D eigenvalue weighted by Crippen LogP contribution is -2.35. The Bertz CT molecular complexity index is 2170. The van der Waals surface area contributed by atoms with Crippen molar-refractivity contribution in [3.8, 4) is 23.0 Å². The molecule has 4 amide bonds. The molecule has 2 saturated heterocycles. The summed E-state index contributed by atoms with van der Waals surface area (Å²) in [6.45, 7) is 7.20. The number of hydrogen-bond acceptors (Lipinski definition) is 14. The van der Waals surface area contributed by atoms with Gasteiger partial charge < -0.3 is 38.1 Å². The number of fused-ring (bicyclic) bond motifs is 4. The van der Waals surface area contributed by atoms with Crippen LogP contribution in [0.2, 0.25) is 0 Å². The minimum absolute atomic E-state index is 0.0171. The van der Waals surface area contributed by atoms with E-state index in [2.05, 4.69) is 21.7 Å². The van der Waals surface area contributed by atoms with Gasteiger partial charge in [0.05, 0.1) is 93.2 Å². The predicted molar refractivity (Wildman–Crippen MR) is 214 cm³/mol. The number of carbonyl (C=O) groups excluding carboxylic acids is 4. The minimum Gasteiger partial charge on any atom is -0.493 e. The van der Waals surface area contributed by atoms with Gasteiger partial charge in [-0.1, -0.05) is 17.3 Å². The molecule has 2 fully saturated rings. The molecular formula is C40H45N6O11P. The zero-order valence-electron chi connectivity index (χ0n) is 32.6. The quantitative estimate of drug-likeness (QED) is 0.0715. The first-order chi connectivity index (χ1) is 28.0. The fourth-order valence-electron chi connectivity index (χ4n) is 7.32. The van der Waals surface area contributed by atoms with Crippen LogP contribution in [0.25, 0.3) is 0 Å². The van der Waals surface area contributed by atoms with Gasteiger partial charge in [-0.2, -0.15) is 0 Å². The summed E-state index contributed by atoms with van der Waals surface area (Å²) in [5.74, 6) is 0.240. The van der Waals surface area contributed by atoms with E-state index in [0.29, 0.717) is 77.0 Å². The second kappa shape index (κ2) is 17.4. The highest BCUT2D eigenvalue weighted by Crippen LogP contribution is 2.47. The van der Waals surface area contributed by atoms with Crippen LogP contribution in [0.15, 0.2) is 63.7 Å². The molecule has 2 aromatic carbocycles. The summed E-state index contributed by atoms with van der Waals surface area (Å²) in [6.07, 6.45) is 7.58. The normalized spacial score (nSPS) is 21.1.